The molecule has 2 heterocycles. The van der Waals surface area contributed by atoms with Crippen molar-refractivity contribution < 1.29 is 14.3 Å². The monoisotopic (exact) mass is 418 g/mol. The molecule has 28 heavy (non-hydrogen) atoms. The van der Waals surface area contributed by atoms with E-state index in [2.05, 4.69) is 10.6 Å². The van der Waals surface area contributed by atoms with Gasteiger partial charge in [-0.3, -0.25) is 9.59 Å². The number of amides is 2. The molecule has 1 aromatic heterocycles. The average Bonchev–Trinajstić information content (AvgIpc) is 3.34. The highest BCUT2D eigenvalue weighted by molar-refractivity contribution is 7.17. The summed E-state index contributed by atoms with van der Waals surface area (Å²) in [6.45, 7) is 1.27. The van der Waals surface area contributed by atoms with Gasteiger partial charge < -0.3 is 15.4 Å². The summed E-state index contributed by atoms with van der Waals surface area (Å²) < 4.78 is 5.60. The predicted molar refractivity (Wildman–Crippen MR) is 112 cm³/mol. The number of anilines is 1. The van der Waals surface area contributed by atoms with Gasteiger partial charge in [0, 0.05) is 28.6 Å². The maximum atomic E-state index is 13.0. The maximum Gasteiger partial charge on any atom is 0.256 e. The minimum Gasteiger partial charge on any atom is -0.376 e. The molecule has 2 amide bonds. The molecule has 1 saturated heterocycles. The molecule has 2 N–H and O–H groups in total. The SMILES string of the molecule is O=C(Nc1sc2c(c1C(=O)NC[C@@H]1CCCO1)CCCC2)c1ccc(Cl)cc1. The molecule has 5 nitrogen and oxygen atoms in total. The predicted octanol–water partition coefficient (Wildman–Crippen LogP) is 4.44. The van der Waals surface area contributed by atoms with E-state index in [9.17, 15) is 9.59 Å². The molecule has 1 atom stereocenters. The molecule has 148 valence electrons. The summed E-state index contributed by atoms with van der Waals surface area (Å²) in [5.41, 5.74) is 2.23. The Hall–Kier alpha value is -1.89. The van der Waals surface area contributed by atoms with Gasteiger partial charge in [0.2, 0.25) is 0 Å². The van der Waals surface area contributed by atoms with Crippen LogP contribution in [0, 0.1) is 0 Å². The van der Waals surface area contributed by atoms with E-state index in [1.807, 2.05) is 0 Å². The van der Waals surface area contributed by atoms with Crippen LogP contribution in [-0.4, -0.2) is 31.1 Å². The fourth-order valence-corrected chi connectivity index (χ4v) is 5.18. The van der Waals surface area contributed by atoms with E-state index in [-0.39, 0.29) is 17.9 Å². The molecule has 0 radical (unpaired) electrons. The summed E-state index contributed by atoms with van der Waals surface area (Å²) in [5, 5.41) is 7.19. The third-order valence-electron chi connectivity index (χ3n) is 5.25. The minimum atomic E-state index is -0.233. The number of ether oxygens (including phenoxy) is 1. The molecule has 2 aromatic rings. The highest BCUT2D eigenvalue weighted by Gasteiger charge is 2.27. The van der Waals surface area contributed by atoms with Gasteiger partial charge in [-0.05, 0) is 68.4 Å². The van der Waals surface area contributed by atoms with Crippen LogP contribution in [0.25, 0.3) is 0 Å². The number of hydrogen-bond donors (Lipinski definition) is 2. The second-order valence-corrected chi connectivity index (χ2v) is 8.76. The topological polar surface area (TPSA) is 67.4 Å². The van der Waals surface area contributed by atoms with E-state index in [4.69, 9.17) is 16.3 Å². The van der Waals surface area contributed by atoms with Crippen LogP contribution >= 0.6 is 22.9 Å². The van der Waals surface area contributed by atoms with Crippen molar-refractivity contribution in [2.45, 2.75) is 44.6 Å². The van der Waals surface area contributed by atoms with Gasteiger partial charge in [-0.2, -0.15) is 0 Å². The van der Waals surface area contributed by atoms with Gasteiger partial charge in [0.1, 0.15) is 5.00 Å². The van der Waals surface area contributed by atoms with Crippen molar-refractivity contribution in [3.05, 3.63) is 50.9 Å². The first kappa shape index (κ1) is 19.4. The van der Waals surface area contributed by atoms with Gasteiger partial charge in [-0.15, -0.1) is 11.3 Å². The van der Waals surface area contributed by atoms with E-state index in [1.165, 1.54) is 16.2 Å². The third kappa shape index (κ3) is 4.24. The first-order valence-corrected chi connectivity index (χ1v) is 10.9. The molecular formula is C21H23ClN2O3S. The highest BCUT2D eigenvalue weighted by Crippen LogP contribution is 2.38. The molecule has 4 rings (SSSR count). The van der Waals surface area contributed by atoms with Crippen LogP contribution in [0.5, 0.6) is 0 Å². The van der Waals surface area contributed by atoms with Crippen LogP contribution < -0.4 is 10.6 Å². The Morgan fingerprint density at radius 3 is 2.64 bits per heavy atom. The lowest BCUT2D eigenvalue weighted by atomic mass is 9.95. The lowest BCUT2D eigenvalue weighted by Crippen LogP contribution is -2.32. The molecule has 0 spiro atoms. The second kappa shape index (κ2) is 8.64. The minimum absolute atomic E-state index is 0.0884. The number of fused-ring (bicyclic) bond motifs is 1. The Bertz CT molecular complexity index is 873. The van der Waals surface area contributed by atoms with Crippen molar-refractivity contribution in [1.29, 1.82) is 0 Å². The van der Waals surface area contributed by atoms with Gasteiger partial charge in [-0.1, -0.05) is 11.6 Å². The van der Waals surface area contributed by atoms with Gasteiger partial charge in [-0.25, -0.2) is 0 Å². The zero-order valence-electron chi connectivity index (χ0n) is 15.6. The molecular weight excluding hydrogens is 396 g/mol. The summed E-state index contributed by atoms with van der Waals surface area (Å²) in [7, 11) is 0. The summed E-state index contributed by atoms with van der Waals surface area (Å²) in [6.07, 6.45) is 6.13. The van der Waals surface area contributed by atoms with Crippen molar-refractivity contribution in [2.75, 3.05) is 18.5 Å². The van der Waals surface area contributed by atoms with Crippen molar-refractivity contribution in [2.24, 2.45) is 0 Å². The van der Waals surface area contributed by atoms with Crippen LogP contribution in [0.2, 0.25) is 5.02 Å². The zero-order chi connectivity index (χ0) is 19.5. The Labute approximate surface area is 173 Å². The average molecular weight is 419 g/mol. The van der Waals surface area contributed by atoms with E-state index in [1.54, 1.807) is 24.3 Å². The van der Waals surface area contributed by atoms with Crippen LogP contribution in [0.1, 0.15) is 56.8 Å². The molecule has 0 unspecified atom stereocenters. The summed E-state index contributed by atoms with van der Waals surface area (Å²) in [4.78, 5) is 26.9. The fraction of sp³-hybridized carbons (Fsp3) is 0.429. The van der Waals surface area contributed by atoms with Gasteiger partial charge >= 0.3 is 0 Å². The molecule has 1 aliphatic heterocycles. The standard InChI is InChI=1S/C21H23ClN2O3S/c22-14-9-7-13(8-10-14)19(25)24-21-18(16-5-1-2-6-17(16)28-21)20(26)23-12-15-4-3-11-27-15/h7-10,15H,1-6,11-12H2,(H,23,26)(H,24,25)/t15-/m0/s1. The highest BCUT2D eigenvalue weighted by atomic mass is 35.5. The number of aryl methyl sites for hydroxylation is 1. The van der Waals surface area contributed by atoms with E-state index in [0.717, 1.165) is 50.7 Å². The summed E-state index contributed by atoms with van der Waals surface area (Å²) in [5.74, 6) is -0.357. The van der Waals surface area contributed by atoms with Crippen LogP contribution in [-0.2, 0) is 17.6 Å². The van der Waals surface area contributed by atoms with Gasteiger partial charge in [0.15, 0.2) is 0 Å². The second-order valence-electron chi connectivity index (χ2n) is 7.22. The lowest BCUT2D eigenvalue weighted by Gasteiger charge is -2.15. The number of nitrogens with one attached hydrogen (secondary N) is 2. The first-order valence-electron chi connectivity index (χ1n) is 9.73. The largest absolute Gasteiger partial charge is 0.376 e. The fourth-order valence-electron chi connectivity index (χ4n) is 3.77. The van der Waals surface area contributed by atoms with E-state index < -0.39 is 0 Å². The quantitative estimate of drug-likeness (QED) is 0.754. The maximum absolute atomic E-state index is 13.0. The van der Waals surface area contributed by atoms with Crippen LogP contribution in [0.3, 0.4) is 0 Å². The summed E-state index contributed by atoms with van der Waals surface area (Å²) in [6, 6.07) is 6.74. The molecule has 0 bridgehead atoms. The Kier molecular flexibility index (Phi) is 5.99. The number of thiophene rings is 1. The van der Waals surface area contributed by atoms with Crippen molar-refractivity contribution >= 4 is 39.8 Å². The molecule has 1 aliphatic carbocycles. The molecule has 1 fully saturated rings. The number of carbonyl (C=O) groups excluding carboxylic acids is 2. The lowest BCUT2D eigenvalue weighted by molar-refractivity contribution is 0.0858. The number of carbonyl (C=O) groups is 2. The van der Waals surface area contributed by atoms with E-state index in [0.29, 0.717) is 27.7 Å². The zero-order valence-corrected chi connectivity index (χ0v) is 17.1. The summed E-state index contributed by atoms with van der Waals surface area (Å²) >= 11 is 7.43. The van der Waals surface area contributed by atoms with Gasteiger partial charge in [0.25, 0.3) is 11.8 Å². The third-order valence-corrected chi connectivity index (χ3v) is 6.71. The number of hydrogen-bond acceptors (Lipinski definition) is 4. The van der Waals surface area contributed by atoms with Crippen molar-refractivity contribution in [3.8, 4) is 0 Å². The molecule has 7 heteroatoms. The van der Waals surface area contributed by atoms with Gasteiger partial charge in [0.05, 0.1) is 11.7 Å². The van der Waals surface area contributed by atoms with E-state index >= 15 is 0 Å². The number of rotatable bonds is 5. The Morgan fingerprint density at radius 2 is 1.89 bits per heavy atom. The smallest absolute Gasteiger partial charge is 0.256 e. The van der Waals surface area contributed by atoms with Crippen LogP contribution in [0.15, 0.2) is 24.3 Å². The van der Waals surface area contributed by atoms with Crippen molar-refractivity contribution in [3.63, 3.8) is 0 Å². The Balaban J connectivity index is 1.55. The molecule has 1 aromatic carbocycles. The molecule has 2 aliphatic rings. The Morgan fingerprint density at radius 1 is 1.11 bits per heavy atom. The number of benzene rings is 1. The van der Waals surface area contributed by atoms with Crippen molar-refractivity contribution in [1.82, 2.24) is 5.32 Å². The normalized spacial score (nSPS) is 18.5. The molecule has 0 saturated carbocycles. The van der Waals surface area contributed by atoms with Crippen LogP contribution in [0.4, 0.5) is 5.00 Å². The number of halogens is 1. The first-order chi connectivity index (χ1) is 13.6.